The van der Waals surface area contributed by atoms with E-state index in [0.29, 0.717) is 5.75 Å². The first-order valence-electron chi connectivity index (χ1n) is 6.18. The molecule has 0 aliphatic carbocycles. The molecule has 0 aliphatic rings. The summed E-state index contributed by atoms with van der Waals surface area (Å²) in [7, 11) is 1.62. The Morgan fingerprint density at radius 3 is 2.05 bits per heavy atom. The van der Waals surface area contributed by atoms with Crippen LogP contribution in [0.15, 0.2) is 43.7 Å². The van der Waals surface area contributed by atoms with Gasteiger partial charge < -0.3 is 15.2 Å². The van der Waals surface area contributed by atoms with Crippen LogP contribution in [0.3, 0.4) is 0 Å². The van der Waals surface area contributed by atoms with E-state index in [9.17, 15) is 0 Å². The summed E-state index contributed by atoms with van der Waals surface area (Å²) in [6.45, 7) is 1.94. The average molecular weight is 480 g/mol. The molecule has 6 heteroatoms. The Hall–Kier alpha value is -0.560. The SMILES string of the molecule is COc1cc(Br)c(Oc2ccc([C@H](C)N)cc2Br)cc1Br. The number of benzene rings is 2. The molecule has 0 fully saturated rings. The summed E-state index contributed by atoms with van der Waals surface area (Å²) in [5.41, 5.74) is 6.92. The molecule has 0 spiro atoms. The van der Waals surface area contributed by atoms with E-state index in [1.54, 1.807) is 7.11 Å². The lowest BCUT2D eigenvalue weighted by Gasteiger charge is -2.13. The Morgan fingerprint density at radius 2 is 1.48 bits per heavy atom. The summed E-state index contributed by atoms with van der Waals surface area (Å²) < 4.78 is 13.7. The van der Waals surface area contributed by atoms with E-state index in [2.05, 4.69) is 47.8 Å². The van der Waals surface area contributed by atoms with Crippen LogP contribution in [0.5, 0.6) is 17.2 Å². The minimum Gasteiger partial charge on any atom is -0.496 e. The van der Waals surface area contributed by atoms with Crippen LogP contribution < -0.4 is 15.2 Å². The number of hydrogen-bond acceptors (Lipinski definition) is 3. The highest BCUT2D eigenvalue weighted by Crippen LogP contribution is 2.40. The van der Waals surface area contributed by atoms with Gasteiger partial charge >= 0.3 is 0 Å². The third-order valence-corrected chi connectivity index (χ3v) is 4.77. The molecule has 2 N–H and O–H groups in total. The van der Waals surface area contributed by atoms with Crippen molar-refractivity contribution in [3.63, 3.8) is 0 Å². The number of nitrogens with two attached hydrogens (primary N) is 1. The maximum atomic E-state index is 5.93. The van der Waals surface area contributed by atoms with Gasteiger partial charge in [-0.25, -0.2) is 0 Å². The predicted molar refractivity (Wildman–Crippen MR) is 95.2 cm³/mol. The van der Waals surface area contributed by atoms with Crippen LogP contribution in [0.25, 0.3) is 0 Å². The highest BCUT2D eigenvalue weighted by atomic mass is 79.9. The van der Waals surface area contributed by atoms with E-state index >= 15 is 0 Å². The normalized spacial score (nSPS) is 12.1. The van der Waals surface area contributed by atoms with Gasteiger partial charge in [-0.05, 0) is 84.5 Å². The Balaban J connectivity index is 2.32. The quantitative estimate of drug-likeness (QED) is 0.603. The first-order valence-corrected chi connectivity index (χ1v) is 8.56. The minimum atomic E-state index is -0.0165. The fourth-order valence-electron chi connectivity index (χ4n) is 1.75. The molecular formula is C15H14Br3NO2. The predicted octanol–water partition coefficient (Wildman–Crippen LogP) is 5.79. The number of hydrogen-bond donors (Lipinski definition) is 1. The summed E-state index contributed by atoms with van der Waals surface area (Å²) in [6, 6.07) is 9.51. The summed E-state index contributed by atoms with van der Waals surface area (Å²) in [6.07, 6.45) is 0. The molecule has 3 nitrogen and oxygen atoms in total. The van der Waals surface area contributed by atoms with Gasteiger partial charge in [-0.2, -0.15) is 0 Å². The van der Waals surface area contributed by atoms with E-state index in [4.69, 9.17) is 15.2 Å². The van der Waals surface area contributed by atoms with Gasteiger partial charge in [-0.3, -0.25) is 0 Å². The molecule has 0 saturated carbocycles. The molecule has 0 bridgehead atoms. The molecular weight excluding hydrogens is 466 g/mol. The monoisotopic (exact) mass is 477 g/mol. The number of halogens is 3. The largest absolute Gasteiger partial charge is 0.496 e. The highest BCUT2D eigenvalue weighted by Gasteiger charge is 2.12. The van der Waals surface area contributed by atoms with Gasteiger partial charge in [0, 0.05) is 6.04 Å². The van der Waals surface area contributed by atoms with E-state index in [1.165, 1.54) is 0 Å². The van der Waals surface area contributed by atoms with Gasteiger partial charge in [0.05, 0.1) is 20.5 Å². The van der Waals surface area contributed by atoms with Gasteiger partial charge in [0.15, 0.2) is 0 Å². The number of ether oxygens (including phenoxy) is 2. The van der Waals surface area contributed by atoms with Gasteiger partial charge in [0.1, 0.15) is 17.2 Å². The van der Waals surface area contributed by atoms with Crippen molar-refractivity contribution in [3.8, 4) is 17.2 Å². The number of methoxy groups -OCH3 is 1. The van der Waals surface area contributed by atoms with Crippen LogP contribution in [-0.4, -0.2) is 7.11 Å². The summed E-state index contributed by atoms with van der Waals surface area (Å²) in [4.78, 5) is 0. The number of rotatable bonds is 4. The molecule has 0 amide bonds. The lowest BCUT2D eigenvalue weighted by Crippen LogP contribution is -2.04. The van der Waals surface area contributed by atoms with Crippen LogP contribution >= 0.6 is 47.8 Å². The molecule has 21 heavy (non-hydrogen) atoms. The fourth-order valence-corrected chi connectivity index (χ4v) is 3.11. The highest BCUT2D eigenvalue weighted by molar-refractivity contribution is 9.11. The molecule has 2 aromatic carbocycles. The molecule has 0 aliphatic heterocycles. The van der Waals surface area contributed by atoms with Crippen LogP contribution in [0.1, 0.15) is 18.5 Å². The third-order valence-electron chi connectivity index (χ3n) is 2.91. The zero-order valence-corrected chi connectivity index (χ0v) is 16.2. The zero-order chi connectivity index (χ0) is 15.6. The average Bonchev–Trinajstić information content (AvgIpc) is 2.44. The van der Waals surface area contributed by atoms with Crippen LogP contribution in [0.4, 0.5) is 0 Å². The Kier molecular flexibility index (Phi) is 5.71. The lowest BCUT2D eigenvalue weighted by atomic mass is 10.1. The first-order chi connectivity index (χ1) is 9.92. The minimum absolute atomic E-state index is 0.0165. The molecule has 0 radical (unpaired) electrons. The second-order valence-electron chi connectivity index (χ2n) is 4.50. The van der Waals surface area contributed by atoms with Gasteiger partial charge in [0.25, 0.3) is 0 Å². The lowest BCUT2D eigenvalue weighted by molar-refractivity contribution is 0.409. The van der Waals surface area contributed by atoms with Crippen molar-refractivity contribution in [3.05, 3.63) is 49.3 Å². The van der Waals surface area contributed by atoms with Crippen LogP contribution in [0.2, 0.25) is 0 Å². The molecule has 0 saturated heterocycles. The van der Waals surface area contributed by atoms with Crippen molar-refractivity contribution in [1.29, 1.82) is 0 Å². The van der Waals surface area contributed by atoms with Gasteiger partial charge in [-0.1, -0.05) is 6.07 Å². The van der Waals surface area contributed by atoms with E-state index in [0.717, 1.165) is 30.5 Å². The molecule has 1 atom stereocenters. The Bertz CT molecular complexity index is 660. The molecule has 2 rings (SSSR count). The van der Waals surface area contributed by atoms with Crippen molar-refractivity contribution in [2.75, 3.05) is 7.11 Å². The van der Waals surface area contributed by atoms with Crippen LogP contribution in [-0.2, 0) is 0 Å². The zero-order valence-electron chi connectivity index (χ0n) is 11.5. The van der Waals surface area contributed by atoms with Crippen molar-refractivity contribution >= 4 is 47.8 Å². The van der Waals surface area contributed by atoms with Gasteiger partial charge in [-0.15, -0.1) is 0 Å². The Labute approximate surface area is 149 Å². The maximum Gasteiger partial charge on any atom is 0.143 e. The van der Waals surface area contributed by atoms with Crippen molar-refractivity contribution < 1.29 is 9.47 Å². The first kappa shape index (κ1) is 16.8. The third kappa shape index (κ3) is 4.00. The standard InChI is InChI=1S/C15H14Br3NO2/c1-8(19)9-3-4-13(10(16)5-9)21-15-7-11(17)14(20-2)6-12(15)18/h3-8H,19H2,1-2H3/t8-/m0/s1. The van der Waals surface area contributed by atoms with Crippen molar-refractivity contribution in [1.82, 2.24) is 0 Å². The summed E-state index contributed by atoms with van der Waals surface area (Å²) >= 11 is 10.4. The van der Waals surface area contributed by atoms with E-state index < -0.39 is 0 Å². The second kappa shape index (κ2) is 7.13. The van der Waals surface area contributed by atoms with E-state index in [-0.39, 0.29) is 6.04 Å². The molecule has 0 unspecified atom stereocenters. The topological polar surface area (TPSA) is 44.5 Å². The molecule has 0 aromatic heterocycles. The van der Waals surface area contributed by atoms with Crippen molar-refractivity contribution in [2.45, 2.75) is 13.0 Å². The van der Waals surface area contributed by atoms with Crippen molar-refractivity contribution in [2.24, 2.45) is 5.73 Å². The van der Waals surface area contributed by atoms with E-state index in [1.807, 2.05) is 37.3 Å². The maximum absolute atomic E-state index is 5.93. The van der Waals surface area contributed by atoms with Crippen LogP contribution in [0, 0.1) is 0 Å². The smallest absolute Gasteiger partial charge is 0.143 e. The Morgan fingerprint density at radius 1 is 0.905 bits per heavy atom. The van der Waals surface area contributed by atoms with Gasteiger partial charge in [0.2, 0.25) is 0 Å². The molecule has 112 valence electrons. The fraction of sp³-hybridized carbons (Fsp3) is 0.200. The summed E-state index contributed by atoms with van der Waals surface area (Å²) in [5, 5.41) is 0. The molecule has 0 heterocycles. The summed E-state index contributed by atoms with van der Waals surface area (Å²) in [5.74, 6) is 2.15. The second-order valence-corrected chi connectivity index (χ2v) is 7.06. The molecule has 2 aromatic rings.